The molecule has 0 aromatic carbocycles. The molecule has 0 fully saturated rings. The maximum atomic E-state index is 11.8. The van der Waals surface area contributed by atoms with Gasteiger partial charge in [0.1, 0.15) is 5.01 Å². The van der Waals surface area contributed by atoms with Gasteiger partial charge in [0.25, 0.3) is 0 Å². The van der Waals surface area contributed by atoms with Gasteiger partial charge in [0, 0.05) is 0 Å². The molecule has 0 aliphatic heterocycles. The number of hydrogen-bond acceptors (Lipinski definition) is 4. The summed E-state index contributed by atoms with van der Waals surface area (Å²) in [4.78, 5) is 3.13. The summed E-state index contributed by atoms with van der Waals surface area (Å²) >= 11 is 0.597. The second-order valence-corrected chi connectivity index (χ2v) is 2.68. The van der Waals surface area contributed by atoms with Crippen molar-refractivity contribution in [3.8, 4) is 6.07 Å². The molecule has 0 saturated heterocycles. The molecule has 0 bridgehead atoms. The van der Waals surface area contributed by atoms with Crippen LogP contribution in [0.1, 0.15) is 10.8 Å². The van der Waals surface area contributed by atoms with Crippen LogP contribution in [-0.4, -0.2) is 9.36 Å². The van der Waals surface area contributed by atoms with E-state index in [-0.39, 0.29) is 11.4 Å². The highest BCUT2D eigenvalue weighted by molar-refractivity contribution is 7.05. The zero-order valence-corrected chi connectivity index (χ0v) is 6.41. The number of hydrogen-bond donors (Lipinski definition) is 0. The molecule has 1 aromatic heterocycles. The summed E-state index contributed by atoms with van der Waals surface area (Å²) in [7, 11) is 0. The normalized spacial score (nSPS) is 11.2. The van der Waals surface area contributed by atoms with Gasteiger partial charge < -0.3 is 0 Å². The van der Waals surface area contributed by atoms with Crippen LogP contribution in [0, 0.1) is 11.3 Å². The van der Waals surface area contributed by atoms with E-state index in [1.54, 1.807) is 6.07 Å². The van der Waals surface area contributed by atoms with E-state index in [0.717, 1.165) is 0 Å². The Morgan fingerprint density at radius 1 is 1.50 bits per heavy atom. The van der Waals surface area contributed by atoms with E-state index in [4.69, 9.17) is 5.26 Å². The van der Waals surface area contributed by atoms with Crippen molar-refractivity contribution in [3.05, 3.63) is 10.8 Å². The molecule has 0 radical (unpaired) electrons. The molecule has 1 aromatic rings. The first-order valence-corrected chi connectivity index (χ1v) is 3.58. The lowest BCUT2D eigenvalue weighted by molar-refractivity contribution is -0.144. The predicted molar refractivity (Wildman–Crippen MR) is 34.2 cm³/mol. The van der Waals surface area contributed by atoms with E-state index in [9.17, 15) is 13.2 Å². The van der Waals surface area contributed by atoms with Crippen molar-refractivity contribution < 1.29 is 13.2 Å². The zero-order chi connectivity index (χ0) is 9.19. The molecular weight excluding hydrogens is 191 g/mol. The van der Waals surface area contributed by atoms with Crippen molar-refractivity contribution in [1.29, 1.82) is 5.26 Å². The third-order valence-corrected chi connectivity index (χ3v) is 1.66. The Bertz CT molecular complexity index is 310. The van der Waals surface area contributed by atoms with Crippen molar-refractivity contribution in [2.24, 2.45) is 0 Å². The molecule has 1 rings (SSSR count). The lowest BCUT2D eigenvalue weighted by Crippen LogP contribution is -2.07. The monoisotopic (exact) mass is 193 g/mol. The number of halogens is 3. The van der Waals surface area contributed by atoms with Crippen LogP contribution in [-0.2, 0) is 12.6 Å². The van der Waals surface area contributed by atoms with Crippen LogP contribution < -0.4 is 0 Å². The second kappa shape index (κ2) is 3.06. The standard InChI is InChI=1S/C5H2F3N3S/c6-5(7,8)4-10-3(1-2-9)12-11-4/h1H2. The first-order valence-electron chi connectivity index (χ1n) is 2.81. The van der Waals surface area contributed by atoms with Crippen LogP contribution in [0.25, 0.3) is 0 Å². The van der Waals surface area contributed by atoms with Gasteiger partial charge in [-0.15, -0.1) is 0 Å². The van der Waals surface area contributed by atoms with Crippen LogP contribution in [0.3, 0.4) is 0 Å². The lowest BCUT2D eigenvalue weighted by Gasteiger charge is -1.97. The minimum atomic E-state index is -4.51. The molecule has 0 saturated carbocycles. The molecule has 12 heavy (non-hydrogen) atoms. The SMILES string of the molecule is N#CCc1nc(C(F)(F)F)ns1. The number of nitrogens with zero attached hydrogens (tertiary/aromatic N) is 3. The highest BCUT2D eigenvalue weighted by atomic mass is 32.1. The van der Waals surface area contributed by atoms with E-state index < -0.39 is 12.0 Å². The van der Waals surface area contributed by atoms with Gasteiger partial charge in [-0.05, 0) is 11.5 Å². The Hall–Kier alpha value is -1.16. The minimum absolute atomic E-state index is 0.0878. The highest BCUT2D eigenvalue weighted by Crippen LogP contribution is 2.27. The fourth-order valence-electron chi connectivity index (χ4n) is 0.509. The first-order chi connectivity index (χ1) is 5.54. The first kappa shape index (κ1) is 8.93. The molecule has 7 heteroatoms. The summed E-state index contributed by atoms with van der Waals surface area (Å²) in [6.07, 6.45) is -4.64. The van der Waals surface area contributed by atoms with Gasteiger partial charge in [0.05, 0.1) is 12.5 Å². The van der Waals surface area contributed by atoms with Gasteiger partial charge in [-0.3, -0.25) is 0 Å². The van der Waals surface area contributed by atoms with Crippen LogP contribution in [0.2, 0.25) is 0 Å². The highest BCUT2D eigenvalue weighted by Gasteiger charge is 2.35. The van der Waals surface area contributed by atoms with Crippen molar-refractivity contribution in [1.82, 2.24) is 9.36 Å². The van der Waals surface area contributed by atoms with Crippen molar-refractivity contribution >= 4 is 11.5 Å². The van der Waals surface area contributed by atoms with E-state index in [2.05, 4.69) is 9.36 Å². The van der Waals surface area contributed by atoms with Crippen LogP contribution in [0.15, 0.2) is 0 Å². The molecule has 0 spiro atoms. The topological polar surface area (TPSA) is 49.6 Å². The quantitative estimate of drug-likeness (QED) is 0.680. The third-order valence-electron chi connectivity index (χ3n) is 0.952. The van der Waals surface area contributed by atoms with E-state index in [1.807, 2.05) is 0 Å². The Balaban J connectivity index is 2.86. The smallest absolute Gasteiger partial charge is 0.215 e. The molecular formula is C5H2F3N3S. The summed E-state index contributed by atoms with van der Waals surface area (Å²) in [6, 6.07) is 1.69. The van der Waals surface area contributed by atoms with E-state index >= 15 is 0 Å². The van der Waals surface area contributed by atoms with Gasteiger partial charge >= 0.3 is 6.18 Å². The average molecular weight is 193 g/mol. The maximum Gasteiger partial charge on any atom is 0.452 e. The lowest BCUT2D eigenvalue weighted by atomic mass is 10.5. The summed E-state index contributed by atoms with van der Waals surface area (Å²) in [5.74, 6) is -1.17. The van der Waals surface area contributed by atoms with Crippen LogP contribution >= 0.6 is 11.5 Å². The fourth-order valence-corrected chi connectivity index (χ4v) is 1.10. The molecule has 3 nitrogen and oxygen atoms in total. The number of aromatic nitrogens is 2. The van der Waals surface area contributed by atoms with Crippen molar-refractivity contribution in [2.75, 3.05) is 0 Å². The molecule has 1 heterocycles. The minimum Gasteiger partial charge on any atom is -0.215 e. The van der Waals surface area contributed by atoms with Crippen LogP contribution in [0.4, 0.5) is 13.2 Å². The number of nitriles is 1. The average Bonchev–Trinajstić information content (AvgIpc) is 2.35. The van der Waals surface area contributed by atoms with Gasteiger partial charge in [-0.2, -0.15) is 22.8 Å². The molecule has 0 aliphatic carbocycles. The largest absolute Gasteiger partial charge is 0.452 e. The Kier molecular flexibility index (Phi) is 2.28. The molecule has 64 valence electrons. The fraction of sp³-hybridized carbons (Fsp3) is 0.400. The number of rotatable bonds is 1. The van der Waals surface area contributed by atoms with Gasteiger partial charge in [-0.1, -0.05) is 0 Å². The van der Waals surface area contributed by atoms with Crippen LogP contribution in [0.5, 0.6) is 0 Å². The summed E-state index contributed by atoms with van der Waals surface area (Å²) in [5.41, 5.74) is 0. The number of alkyl halides is 3. The second-order valence-electron chi connectivity index (χ2n) is 1.84. The Morgan fingerprint density at radius 3 is 2.58 bits per heavy atom. The summed E-state index contributed by atoms with van der Waals surface area (Å²) in [6.45, 7) is 0. The molecule has 0 N–H and O–H groups in total. The maximum absolute atomic E-state index is 11.8. The Labute approximate surface area is 69.6 Å². The van der Waals surface area contributed by atoms with Gasteiger partial charge in [0.15, 0.2) is 0 Å². The zero-order valence-electron chi connectivity index (χ0n) is 5.59. The third kappa shape index (κ3) is 1.92. The van der Waals surface area contributed by atoms with Gasteiger partial charge in [-0.25, -0.2) is 4.98 Å². The molecule has 0 unspecified atom stereocenters. The van der Waals surface area contributed by atoms with Crippen molar-refractivity contribution in [3.63, 3.8) is 0 Å². The summed E-state index contributed by atoms with van der Waals surface area (Å²) < 4.78 is 38.6. The summed E-state index contributed by atoms with van der Waals surface area (Å²) in [5, 5.41) is 8.23. The predicted octanol–water partition coefficient (Wildman–Crippen LogP) is 1.62. The molecule has 0 atom stereocenters. The Morgan fingerprint density at radius 2 is 2.17 bits per heavy atom. The van der Waals surface area contributed by atoms with E-state index in [1.165, 1.54) is 0 Å². The van der Waals surface area contributed by atoms with Crippen molar-refractivity contribution in [2.45, 2.75) is 12.6 Å². The molecule has 0 amide bonds. The molecule has 0 aliphatic rings. The van der Waals surface area contributed by atoms with E-state index in [0.29, 0.717) is 11.5 Å². The van der Waals surface area contributed by atoms with Gasteiger partial charge in [0.2, 0.25) is 5.82 Å².